The zero-order chi connectivity index (χ0) is 13.1. The average molecular weight is 264 g/mol. The number of benzene rings is 1. The zero-order valence-electron chi connectivity index (χ0n) is 10.2. The number of thiazole rings is 1. The molecule has 0 saturated heterocycles. The van der Waals surface area contributed by atoms with Gasteiger partial charge in [-0.15, -0.1) is 11.3 Å². The van der Waals surface area contributed by atoms with Crippen LogP contribution in [0, 0.1) is 12.7 Å². The molecule has 0 bridgehead atoms. The number of likely N-dealkylation sites (N-methyl/N-ethyl adjacent to an activating group) is 1. The summed E-state index contributed by atoms with van der Waals surface area (Å²) < 4.78 is 12.9. The molecule has 0 fully saturated rings. The van der Waals surface area contributed by atoms with Gasteiger partial charge in [0.15, 0.2) is 0 Å². The molecule has 2 rings (SSSR count). The van der Waals surface area contributed by atoms with Crippen LogP contribution < -0.4 is 5.32 Å². The molecule has 94 valence electrons. The van der Waals surface area contributed by atoms with Gasteiger partial charge in [0, 0.05) is 7.05 Å². The molecule has 1 amide bonds. The molecule has 5 heteroatoms. The van der Waals surface area contributed by atoms with E-state index in [1.54, 1.807) is 19.2 Å². The minimum atomic E-state index is -0.258. The highest BCUT2D eigenvalue weighted by Crippen LogP contribution is 2.30. The van der Waals surface area contributed by atoms with Gasteiger partial charge in [0.1, 0.15) is 10.8 Å². The van der Waals surface area contributed by atoms with E-state index in [0.29, 0.717) is 0 Å². The minimum Gasteiger partial charge on any atom is -0.359 e. The lowest BCUT2D eigenvalue weighted by Crippen LogP contribution is -2.19. The molecule has 3 nitrogen and oxygen atoms in total. The fraction of sp³-hybridized carbons (Fsp3) is 0.231. The number of nitrogens with zero attached hydrogens (tertiary/aromatic N) is 1. The van der Waals surface area contributed by atoms with E-state index in [9.17, 15) is 9.18 Å². The summed E-state index contributed by atoms with van der Waals surface area (Å²) in [6, 6.07) is 6.29. The van der Waals surface area contributed by atoms with E-state index in [1.807, 2.05) is 6.92 Å². The fourth-order valence-electron chi connectivity index (χ4n) is 1.62. The molecule has 1 aromatic heterocycles. The molecule has 1 N–H and O–H groups in total. The van der Waals surface area contributed by atoms with Crippen LogP contribution in [0.25, 0.3) is 10.4 Å². The SMILES string of the molecule is CNC(=O)Cc1nc(C)c(-c2ccc(F)cc2)s1. The predicted octanol–water partition coefficient (Wildman–Crippen LogP) is 2.55. The Morgan fingerprint density at radius 2 is 2.06 bits per heavy atom. The second-order valence-electron chi connectivity index (χ2n) is 3.88. The van der Waals surface area contributed by atoms with Crippen LogP contribution in [-0.4, -0.2) is 17.9 Å². The highest BCUT2D eigenvalue weighted by atomic mass is 32.1. The van der Waals surface area contributed by atoms with Crippen molar-refractivity contribution in [3.05, 3.63) is 40.8 Å². The molecular formula is C13H13FN2OS. The van der Waals surface area contributed by atoms with Crippen molar-refractivity contribution in [3.8, 4) is 10.4 Å². The molecule has 2 aromatic rings. The Balaban J connectivity index is 2.29. The van der Waals surface area contributed by atoms with Crippen LogP contribution in [0.15, 0.2) is 24.3 Å². The number of aromatic nitrogens is 1. The molecule has 1 aromatic carbocycles. The first-order valence-corrected chi connectivity index (χ1v) is 6.34. The fourth-order valence-corrected chi connectivity index (χ4v) is 2.69. The van der Waals surface area contributed by atoms with Crippen molar-refractivity contribution in [1.82, 2.24) is 10.3 Å². The lowest BCUT2D eigenvalue weighted by Gasteiger charge is -1.97. The predicted molar refractivity (Wildman–Crippen MR) is 70.0 cm³/mol. The molecule has 0 atom stereocenters. The van der Waals surface area contributed by atoms with Gasteiger partial charge < -0.3 is 5.32 Å². The first-order chi connectivity index (χ1) is 8.60. The second-order valence-corrected chi connectivity index (χ2v) is 4.96. The molecule has 0 spiro atoms. The van der Waals surface area contributed by atoms with Gasteiger partial charge in [-0.2, -0.15) is 0 Å². The number of nitrogens with one attached hydrogen (secondary N) is 1. The highest BCUT2D eigenvalue weighted by Gasteiger charge is 2.12. The van der Waals surface area contributed by atoms with Gasteiger partial charge in [0.2, 0.25) is 5.91 Å². The number of carbonyl (C=O) groups excluding carboxylic acids is 1. The first-order valence-electron chi connectivity index (χ1n) is 5.53. The maximum atomic E-state index is 12.9. The largest absolute Gasteiger partial charge is 0.359 e. The molecular weight excluding hydrogens is 251 g/mol. The molecule has 0 saturated carbocycles. The van der Waals surface area contributed by atoms with Crippen LogP contribution >= 0.6 is 11.3 Å². The van der Waals surface area contributed by atoms with E-state index in [4.69, 9.17) is 0 Å². The van der Waals surface area contributed by atoms with Crippen molar-refractivity contribution in [3.63, 3.8) is 0 Å². The first kappa shape index (κ1) is 12.7. The van der Waals surface area contributed by atoms with Crippen LogP contribution in [-0.2, 0) is 11.2 Å². The highest BCUT2D eigenvalue weighted by molar-refractivity contribution is 7.15. The van der Waals surface area contributed by atoms with Gasteiger partial charge >= 0.3 is 0 Å². The lowest BCUT2D eigenvalue weighted by molar-refractivity contribution is -0.119. The van der Waals surface area contributed by atoms with Crippen LogP contribution in [0.5, 0.6) is 0 Å². The van der Waals surface area contributed by atoms with Gasteiger partial charge in [-0.1, -0.05) is 12.1 Å². The van der Waals surface area contributed by atoms with Crippen LogP contribution in [0.1, 0.15) is 10.7 Å². The van der Waals surface area contributed by atoms with Crippen molar-refractivity contribution in [1.29, 1.82) is 0 Å². The van der Waals surface area contributed by atoms with Crippen molar-refractivity contribution in [2.24, 2.45) is 0 Å². The van der Waals surface area contributed by atoms with E-state index < -0.39 is 0 Å². The number of carbonyl (C=O) groups is 1. The quantitative estimate of drug-likeness (QED) is 0.925. The molecule has 1 heterocycles. The molecule has 18 heavy (non-hydrogen) atoms. The Bertz CT molecular complexity index is 563. The molecule has 0 aliphatic carbocycles. The normalized spacial score (nSPS) is 10.4. The van der Waals surface area contributed by atoms with Crippen LogP contribution in [0.4, 0.5) is 4.39 Å². The summed E-state index contributed by atoms with van der Waals surface area (Å²) in [6.07, 6.45) is 0.281. The average Bonchev–Trinajstić information content (AvgIpc) is 2.71. The Morgan fingerprint density at radius 3 is 2.67 bits per heavy atom. The number of hydrogen-bond acceptors (Lipinski definition) is 3. The van der Waals surface area contributed by atoms with Gasteiger partial charge in [-0.05, 0) is 24.6 Å². The van der Waals surface area contributed by atoms with E-state index in [0.717, 1.165) is 21.1 Å². The summed E-state index contributed by atoms with van der Waals surface area (Å²) >= 11 is 1.47. The minimum absolute atomic E-state index is 0.0607. The van der Waals surface area contributed by atoms with Crippen molar-refractivity contribution >= 4 is 17.2 Å². The second kappa shape index (κ2) is 5.27. The smallest absolute Gasteiger partial charge is 0.226 e. The van der Waals surface area contributed by atoms with Crippen molar-refractivity contribution in [2.45, 2.75) is 13.3 Å². The maximum absolute atomic E-state index is 12.9. The number of hydrogen-bond donors (Lipinski definition) is 1. The summed E-state index contributed by atoms with van der Waals surface area (Å²) in [6.45, 7) is 1.89. The summed E-state index contributed by atoms with van der Waals surface area (Å²) in [7, 11) is 1.60. The third-order valence-corrected chi connectivity index (χ3v) is 3.74. The molecule has 0 unspecified atom stereocenters. The van der Waals surface area contributed by atoms with E-state index in [1.165, 1.54) is 23.5 Å². The third-order valence-electron chi connectivity index (χ3n) is 2.54. The maximum Gasteiger partial charge on any atom is 0.226 e. The van der Waals surface area contributed by atoms with Gasteiger partial charge in [0.05, 0.1) is 17.0 Å². The van der Waals surface area contributed by atoms with E-state index in [-0.39, 0.29) is 18.1 Å². The summed E-state index contributed by atoms with van der Waals surface area (Å²) in [5.74, 6) is -0.319. The summed E-state index contributed by atoms with van der Waals surface area (Å²) in [4.78, 5) is 16.6. The molecule has 0 aliphatic rings. The number of amides is 1. The van der Waals surface area contributed by atoms with Gasteiger partial charge in [-0.25, -0.2) is 9.37 Å². The Kier molecular flexibility index (Phi) is 3.72. The Labute approximate surface area is 109 Å². The van der Waals surface area contributed by atoms with Crippen molar-refractivity contribution < 1.29 is 9.18 Å². The Morgan fingerprint density at radius 1 is 1.39 bits per heavy atom. The Hall–Kier alpha value is -1.75. The summed E-state index contributed by atoms with van der Waals surface area (Å²) in [5, 5.41) is 3.34. The van der Waals surface area contributed by atoms with Crippen LogP contribution in [0.2, 0.25) is 0 Å². The van der Waals surface area contributed by atoms with Gasteiger partial charge in [0.25, 0.3) is 0 Å². The number of halogens is 1. The number of rotatable bonds is 3. The molecule has 0 radical (unpaired) electrons. The monoisotopic (exact) mass is 264 g/mol. The number of aryl methyl sites for hydroxylation is 1. The standard InChI is InChI=1S/C13H13FN2OS/c1-8-13(9-3-5-10(14)6-4-9)18-12(16-8)7-11(17)15-2/h3-6H,7H2,1-2H3,(H,15,17). The zero-order valence-corrected chi connectivity index (χ0v) is 11.0. The van der Waals surface area contributed by atoms with E-state index in [2.05, 4.69) is 10.3 Å². The van der Waals surface area contributed by atoms with Gasteiger partial charge in [-0.3, -0.25) is 4.79 Å². The molecule has 0 aliphatic heterocycles. The topological polar surface area (TPSA) is 42.0 Å². The van der Waals surface area contributed by atoms with Crippen molar-refractivity contribution in [2.75, 3.05) is 7.05 Å². The lowest BCUT2D eigenvalue weighted by atomic mass is 10.1. The summed E-state index contributed by atoms with van der Waals surface area (Å²) in [5.41, 5.74) is 1.79. The van der Waals surface area contributed by atoms with E-state index >= 15 is 0 Å². The van der Waals surface area contributed by atoms with Crippen LogP contribution in [0.3, 0.4) is 0 Å². The third kappa shape index (κ3) is 2.73.